The minimum Gasteiger partial charge on any atom is -0.327 e. The van der Waals surface area contributed by atoms with Gasteiger partial charge in [-0.05, 0) is 24.0 Å². The SMILES string of the molecule is CC1CC(N)CN(Cc2cccc(C(F)(F)F)c2)C1. The molecule has 1 aliphatic heterocycles. The Bertz CT molecular complexity index is 421. The monoisotopic (exact) mass is 272 g/mol. The van der Waals surface area contributed by atoms with Crippen molar-refractivity contribution in [2.45, 2.75) is 32.1 Å². The van der Waals surface area contributed by atoms with Crippen LogP contribution in [0.1, 0.15) is 24.5 Å². The lowest BCUT2D eigenvalue weighted by atomic mass is 9.96. The molecule has 2 nitrogen and oxygen atoms in total. The summed E-state index contributed by atoms with van der Waals surface area (Å²) in [7, 11) is 0. The Morgan fingerprint density at radius 3 is 2.68 bits per heavy atom. The zero-order valence-electron chi connectivity index (χ0n) is 11.0. The lowest BCUT2D eigenvalue weighted by Crippen LogP contribution is -2.45. The molecule has 0 bridgehead atoms. The molecule has 1 heterocycles. The predicted octanol–water partition coefficient (Wildman–Crippen LogP) is 2.87. The highest BCUT2D eigenvalue weighted by Crippen LogP contribution is 2.30. The van der Waals surface area contributed by atoms with Crippen molar-refractivity contribution in [2.75, 3.05) is 13.1 Å². The topological polar surface area (TPSA) is 29.3 Å². The highest BCUT2D eigenvalue weighted by Gasteiger charge is 2.30. The zero-order chi connectivity index (χ0) is 14.0. The van der Waals surface area contributed by atoms with Gasteiger partial charge in [0.05, 0.1) is 5.56 Å². The molecule has 106 valence electrons. The van der Waals surface area contributed by atoms with Crippen LogP contribution in [0.5, 0.6) is 0 Å². The number of halogens is 3. The molecule has 0 spiro atoms. The summed E-state index contributed by atoms with van der Waals surface area (Å²) in [6, 6.07) is 5.65. The normalized spacial score (nSPS) is 25.5. The van der Waals surface area contributed by atoms with Gasteiger partial charge in [-0.1, -0.05) is 25.1 Å². The third-order valence-electron chi connectivity index (χ3n) is 3.43. The fourth-order valence-corrected chi connectivity index (χ4v) is 2.75. The molecule has 2 unspecified atom stereocenters. The zero-order valence-corrected chi connectivity index (χ0v) is 11.0. The summed E-state index contributed by atoms with van der Waals surface area (Å²) in [4.78, 5) is 2.13. The molecule has 19 heavy (non-hydrogen) atoms. The number of nitrogens with two attached hydrogens (primary N) is 1. The van der Waals surface area contributed by atoms with Crippen LogP contribution in [0.25, 0.3) is 0 Å². The van der Waals surface area contributed by atoms with Gasteiger partial charge in [-0.15, -0.1) is 0 Å². The van der Waals surface area contributed by atoms with Crippen LogP contribution < -0.4 is 5.73 Å². The lowest BCUT2D eigenvalue weighted by Gasteiger charge is -2.34. The molecule has 2 N–H and O–H groups in total. The largest absolute Gasteiger partial charge is 0.416 e. The Morgan fingerprint density at radius 1 is 1.32 bits per heavy atom. The standard InChI is InChI=1S/C14H19F3N2/c1-10-5-13(18)9-19(7-10)8-11-3-2-4-12(6-11)14(15,16)17/h2-4,6,10,13H,5,7-9,18H2,1H3. The number of alkyl halides is 3. The minimum atomic E-state index is -4.28. The lowest BCUT2D eigenvalue weighted by molar-refractivity contribution is -0.137. The van der Waals surface area contributed by atoms with E-state index < -0.39 is 11.7 Å². The molecule has 0 radical (unpaired) electrons. The van der Waals surface area contributed by atoms with Gasteiger partial charge in [-0.2, -0.15) is 13.2 Å². The Labute approximate surface area is 111 Å². The van der Waals surface area contributed by atoms with Crippen LogP contribution in [0, 0.1) is 5.92 Å². The molecule has 1 saturated heterocycles. The molecule has 1 aliphatic rings. The molecule has 0 amide bonds. The van der Waals surface area contributed by atoms with Crippen LogP contribution in [0.15, 0.2) is 24.3 Å². The summed E-state index contributed by atoms with van der Waals surface area (Å²) in [5.74, 6) is 0.495. The van der Waals surface area contributed by atoms with Crippen molar-refractivity contribution >= 4 is 0 Å². The number of likely N-dealkylation sites (tertiary alicyclic amines) is 1. The second kappa shape index (κ2) is 5.51. The van der Waals surface area contributed by atoms with E-state index in [1.807, 2.05) is 0 Å². The summed E-state index contributed by atoms with van der Waals surface area (Å²) < 4.78 is 37.9. The third-order valence-corrected chi connectivity index (χ3v) is 3.43. The number of nitrogens with zero attached hydrogens (tertiary/aromatic N) is 1. The molecule has 0 saturated carbocycles. The van der Waals surface area contributed by atoms with Crippen molar-refractivity contribution in [1.82, 2.24) is 4.90 Å². The van der Waals surface area contributed by atoms with Gasteiger partial charge in [0.25, 0.3) is 0 Å². The first-order chi connectivity index (χ1) is 8.84. The van der Waals surface area contributed by atoms with E-state index in [1.54, 1.807) is 6.07 Å². The van der Waals surface area contributed by atoms with Gasteiger partial charge in [0.15, 0.2) is 0 Å². The van der Waals surface area contributed by atoms with E-state index >= 15 is 0 Å². The van der Waals surface area contributed by atoms with Gasteiger partial charge in [-0.25, -0.2) is 0 Å². The Hall–Kier alpha value is -1.07. The Morgan fingerprint density at radius 2 is 2.05 bits per heavy atom. The molecule has 1 aromatic rings. The molecule has 0 aliphatic carbocycles. The second-order valence-corrected chi connectivity index (χ2v) is 5.49. The quantitative estimate of drug-likeness (QED) is 0.897. The van der Waals surface area contributed by atoms with Gasteiger partial charge in [-0.3, -0.25) is 4.90 Å². The van der Waals surface area contributed by atoms with E-state index in [4.69, 9.17) is 5.73 Å². The average Bonchev–Trinajstić information content (AvgIpc) is 2.26. The average molecular weight is 272 g/mol. The minimum absolute atomic E-state index is 0.120. The van der Waals surface area contributed by atoms with Gasteiger partial charge in [0.1, 0.15) is 0 Å². The predicted molar refractivity (Wildman–Crippen MR) is 68.5 cm³/mol. The van der Waals surface area contributed by atoms with Crippen molar-refractivity contribution in [3.05, 3.63) is 35.4 Å². The van der Waals surface area contributed by atoms with Crippen molar-refractivity contribution in [3.63, 3.8) is 0 Å². The van der Waals surface area contributed by atoms with E-state index in [9.17, 15) is 13.2 Å². The van der Waals surface area contributed by atoms with Crippen molar-refractivity contribution < 1.29 is 13.2 Å². The summed E-state index contributed by atoms with van der Waals surface area (Å²) in [6.45, 7) is 4.30. The molecule has 0 aromatic heterocycles. The smallest absolute Gasteiger partial charge is 0.327 e. The summed E-state index contributed by atoms with van der Waals surface area (Å²) >= 11 is 0. The van der Waals surface area contributed by atoms with Crippen LogP contribution in [0.3, 0.4) is 0 Å². The molecule has 2 atom stereocenters. The molecule has 5 heteroatoms. The molecular weight excluding hydrogens is 253 g/mol. The van der Waals surface area contributed by atoms with Crippen LogP contribution in [-0.4, -0.2) is 24.0 Å². The number of benzene rings is 1. The number of hydrogen-bond donors (Lipinski definition) is 1. The molecule has 2 rings (SSSR count). The number of piperidine rings is 1. The Kier molecular flexibility index (Phi) is 4.16. The third kappa shape index (κ3) is 3.94. The second-order valence-electron chi connectivity index (χ2n) is 5.49. The highest BCUT2D eigenvalue weighted by atomic mass is 19.4. The first kappa shape index (κ1) is 14.3. The van der Waals surface area contributed by atoms with E-state index in [0.29, 0.717) is 18.0 Å². The van der Waals surface area contributed by atoms with Crippen LogP contribution in [-0.2, 0) is 12.7 Å². The number of rotatable bonds is 2. The van der Waals surface area contributed by atoms with Gasteiger partial charge >= 0.3 is 6.18 Å². The van der Waals surface area contributed by atoms with Crippen molar-refractivity contribution in [1.29, 1.82) is 0 Å². The maximum Gasteiger partial charge on any atom is 0.416 e. The molecule has 1 fully saturated rings. The van der Waals surface area contributed by atoms with Gasteiger partial charge in [0, 0.05) is 25.7 Å². The Balaban J connectivity index is 2.07. The van der Waals surface area contributed by atoms with E-state index in [1.165, 1.54) is 12.1 Å². The van der Waals surface area contributed by atoms with Crippen molar-refractivity contribution in [3.8, 4) is 0 Å². The van der Waals surface area contributed by atoms with E-state index in [2.05, 4.69) is 11.8 Å². The van der Waals surface area contributed by atoms with Crippen LogP contribution in [0.2, 0.25) is 0 Å². The first-order valence-corrected chi connectivity index (χ1v) is 6.48. The van der Waals surface area contributed by atoms with Gasteiger partial charge in [0.2, 0.25) is 0 Å². The first-order valence-electron chi connectivity index (χ1n) is 6.48. The summed E-state index contributed by atoms with van der Waals surface area (Å²) in [5, 5.41) is 0. The van der Waals surface area contributed by atoms with Crippen molar-refractivity contribution in [2.24, 2.45) is 11.7 Å². The maximum absolute atomic E-state index is 12.6. The summed E-state index contributed by atoms with van der Waals surface area (Å²) in [5.41, 5.74) is 6.05. The maximum atomic E-state index is 12.6. The fraction of sp³-hybridized carbons (Fsp3) is 0.571. The van der Waals surface area contributed by atoms with E-state index in [-0.39, 0.29) is 6.04 Å². The molecular formula is C14H19F3N2. The van der Waals surface area contributed by atoms with Gasteiger partial charge < -0.3 is 5.73 Å². The van der Waals surface area contributed by atoms with E-state index in [0.717, 1.165) is 25.6 Å². The van der Waals surface area contributed by atoms with Crippen LogP contribution in [0.4, 0.5) is 13.2 Å². The summed E-state index contributed by atoms with van der Waals surface area (Å²) in [6.07, 6.45) is -3.29. The highest BCUT2D eigenvalue weighted by molar-refractivity contribution is 5.25. The fourth-order valence-electron chi connectivity index (χ4n) is 2.75. The van der Waals surface area contributed by atoms with Crippen LogP contribution >= 0.6 is 0 Å². The molecule has 1 aromatic carbocycles. The number of hydrogen-bond acceptors (Lipinski definition) is 2.